The third kappa shape index (κ3) is 2.97. The monoisotopic (exact) mass is 384 g/mol. The molecular weight excluding hydrogens is 360 g/mol. The third-order valence-electron chi connectivity index (χ3n) is 6.28. The van der Waals surface area contributed by atoms with Crippen molar-refractivity contribution in [1.29, 1.82) is 0 Å². The first-order valence-electron chi connectivity index (χ1n) is 10.2. The summed E-state index contributed by atoms with van der Waals surface area (Å²) < 4.78 is 0. The summed E-state index contributed by atoms with van der Waals surface area (Å²) in [7, 11) is 1.61. The second kappa shape index (κ2) is 7.32. The van der Waals surface area contributed by atoms with Gasteiger partial charge in [0.15, 0.2) is 0 Å². The van der Waals surface area contributed by atoms with E-state index in [4.69, 9.17) is 4.84 Å². The highest BCUT2D eigenvalue weighted by atomic mass is 16.6. The van der Waals surface area contributed by atoms with Crippen molar-refractivity contribution < 1.29 is 4.84 Å². The van der Waals surface area contributed by atoms with Crippen LogP contribution in [0.2, 0.25) is 0 Å². The summed E-state index contributed by atoms with van der Waals surface area (Å²) in [6.45, 7) is 0. The van der Waals surface area contributed by atoms with Gasteiger partial charge in [-0.2, -0.15) is 5.10 Å². The van der Waals surface area contributed by atoms with Crippen molar-refractivity contribution in [2.75, 3.05) is 7.11 Å². The summed E-state index contributed by atoms with van der Waals surface area (Å²) in [6, 6.07) is 14.8. The summed E-state index contributed by atoms with van der Waals surface area (Å²) in [5.41, 5.74) is 6.39. The Morgan fingerprint density at radius 1 is 1.10 bits per heavy atom. The molecule has 146 valence electrons. The lowest BCUT2D eigenvalue weighted by Gasteiger charge is -2.34. The molecule has 0 radical (unpaired) electrons. The fraction of sp³-hybridized carbons (Fsp3) is 0.292. The number of rotatable bonds is 5. The third-order valence-corrected chi connectivity index (χ3v) is 6.28. The summed E-state index contributed by atoms with van der Waals surface area (Å²) in [5, 5.41) is 12.3. The van der Waals surface area contributed by atoms with Crippen molar-refractivity contribution >= 4 is 11.8 Å². The topological polar surface area (TPSA) is 63.2 Å². The summed E-state index contributed by atoms with van der Waals surface area (Å²) in [4.78, 5) is 9.38. The van der Waals surface area contributed by atoms with E-state index in [-0.39, 0.29) is 5.41 Å². The van der Waals surface area contributed by atoms with Crippen LogP contribution < -0.4 is 0 Å². The largest absolute Gasteiger partial charge is 0.399 e. The molecule has 1 N–H and O–H groups in total. The van der Waals surface area contributed by atoms with Crippen LogP contribution in [-0.4, -0.2) is 28.0 Å². The van der Waals surface area contributed by atoms with Crippen molar-refractivity contribution in [3.63, 3.8) is 0 Å². The van der Waals surface area contributed by atoms with Gasteiger partial charge in [-0.25, -0.2) is 0 Å². The number of aromatic nitrogens is 3. The normalized spacial score (nSPS) is 21.5. The Morgan fingerprint density at radius 2 is 1.86 bits per heavy atom. The Bertz CT molecular complexity index is 1010. The van der Waals surface area contributed by atoms with Crippen LogP contribution >= 0.6 is 0 Å². The molecule has 1 aromatic carbocycles. The van der Waals surface area contributed by atoms with E-state index in [0.29, 0.717) is 5.92 Å². The number of oxime groups is 1. The van der Waals surface area contributed by atoms with Gasteiger partial charge in [0.2, 0.25) is 0 Å². The number of benzene rings is 1. The quantitative estimate of drug-likeness (QED) is 0.520. The van der Waals surface area contributed by atoms with Crippen LogP contribution in [0.5, 0.6) is 0 Å². The predicted octanol–water partition coefficient (Wildman–Crippen LogP) is 4.51. The Labute approximate surface area is 170 Å². The van der Waals surface area contributed by atoms with Gasteiger partial charge in [0.1, 0.15) is 18.5 Å². The Kier molecular flexibility index (Phi) is 4.51. The van der Waals surface area contributed by atoms with E-state index < -0.39 is 0 Å². The fourth-order valence-electron chi connectivity index (χ4n) is 4.50. The number of aromatic amines is 1. The van der Waals surface area contributed by atoms with Gasteiger partial charge < -0.3 is 4.84 Å². The molecular formula is C24H24N4O. The zero-order chi connectivity index (χ0) is 19.7. The second-order valence-corrected chi connectivity index (χ2v) is 7.83. The van der Waals surface area contributed by atoms with Crippen molar-refractivity contribution in [1.82, 2.24) is 15.2 Å². The summed E-state index contributed by atoms with van der Waals surface area (Å²) in [6.07, 6.45) is 12.6. The average molecular weight is 384 g/mol. The van der Waals surface area contributed by atoms with Gasteiger partial charge in [0, 0.05) is 41.4 Å². The summed E-state index contributed by atoms with van der Waals surface area (Å²) in [5.74, 6) is 0.441. The average Bonchev–Trinajstić information content (AvgIpc) is 3.16. The Hall–Kier alpha value is -3.21. The van der Waals surface area contributed by atoms with Crippen LogP contribution in [0.15, 0.2) is 66.1 Å². The number of pyridine rings is 1. The Balaban J connectivity index is 1.60. The van der Waals surface area contributed by atoms with Crippen LogP contribution in [0.3, 0.4) is 0 Å². The van der Waals surface area contributed by atoms with E-state index in [9.17, 15) is 0 Å². The first-order valence-corrected chi connectivity index (χ1v) is 10.2. The van der Waals surface area contributed by atoms with Gasteiger partial charge in [-0.05, 0) is 36.1 Å². The van der Waals surface area contributed by atoms with E-state index in [2.05, 4.69) is 75.0 Å². The zero-order valence-corrected chi connectivity index (χ0v) is 16.5. The molecule has 0 saturated heterocycles. The lowest BCUT2D eigenvalue weighted by molar-refractivity contribution is 0.208. The van der Waals surface area contributed by atoms with Crippen LogP contribution in [-0.2, 0) is 16.7 Å². The predicted molar refractivity (Wildman–Crippen MR) is 114 cm³/mol. The standard InChI is InChI=1S/C24H24N4O/c1-29-28-22(17-6-5-7-17)23-20-10-13-24(16-21(20)26-27-23,18-8-3-2-4-9-18)19-11-14-25-15-12-19/h2-4,8-15,17H,5-7,16H2,1H3,(H,26,27)/b28-22+. The van der Waals surface area contributed by atoms with Crippen molar-refractivity contribution in [2.24, 2.45) is 11.1 Å². The molecule has 1 saturated carbocycles. The maximum Gasteiger partial charge on any atom is 0.117 e. The lowest BCUT2D eigenvalue weighted by Crippen LogP contribution is -2.31. The van der Waals surface area contributed by atoms with Gasteiger partial charge in [-0.3, -0.25) is 10.1 Å². The van der Waals surface area contributed by atoms with Crippen LogP contribution in [0, 0.1) is 5.92 Å². The SMILES string of the molecule is CO/N=C(/c1n[nH]c2c1C=CC(c1ccccc1)(c1ccncc1)C2)C1CCC1. The van der Waals surface area contributed by atoms with E-state index >= 15 is 0 Å². The maximum atomic E-state index is 5.16. The fourth-order valence-corrected chi connectivity index (χ4v) is 4.50. The van der Waals surface area contributed by atoms with E-state index in [1.165, 1.54) is 17.5 Å². The molecule has 1 unspecified atom stereocenters. The van der Waals surface area contributed by atoms with Gasteiger partial charge in [-0.1, -0.05) is 54.1 Å². The number of nitrogens with zero attached hydrogens (tertiary/aromatic N) is 3. The molecule has 29 heavy (non-hydrogen) atoms. The van der Waals surface area contributed by atoms with E-state index in [0.717, 1.165) is 41.9 Å². The number of hydrogen-bond donors (Lipinski definition) is 1. The molecule has 0 bridgehead atoms. The first kappa shape index (κ1) is 17.9. The molecule has 1 fully saturated rings. The minimum Gasteiger partial charge on any atom is -0.399 e. The zero-order valence-electron chi connectivity index (χ0n) is 16.5. The second-order valence-electron chi connectivity index (χ2n) is 7.83. The molecule has 2 heterocycles. The molecule has 2 aliphatic carbocycles. The van der Waals surface area contributed by atoms with Gasteiger partial charge >= 0.3 is 0 Å². The van der Waals surface area contributed by atoms with Crippen LogP contribution in [0.4, 0.5) is 0 Å². The van der Waals surface area contributed by atoms with E-state index in [1.807, 2.05) is 12.4 Å². The van der Waals surface area contributed by atoms with Gasteiger partial charge in [0.05, 0.1) is 0 Å². The number of nitrogens with one attached hydrogen (secondary N) is 1. The molecule has 2 aromatic heterocycles. The molecule has 2 aliphatic rings. The molecule has 3 aromatic rings. The minimum absolute atomic E-state index is 0.254. The highest BCUT2D eigenvalue weighted by molar-refractivity contribution is 6.04. The number of hydrogen-bond acceptors (Lipinski definition) is 4. The van der Waals surface area contributed by atoms with Crippen molar-refractivity contribution in [3.05, 3.63) is 89.0 Å². The molecule has 0 spiro atoms. The number of allylic oxidation sites excluding steroid dienone is 1. The van der Waals surface area contributed by atoms with Crippen molar-refractivity contribution in [3.8, 4) is 0 Å². The molecule has 5 nitrogen and oxygen atoms in total. The highest BCUT2D eigenvalue weighted by Gasteiger charge is 2.38. The summed E-state index contributed by atoms with van der Waals surface area (Å²) >= 11 is 0. The van der Waals surface area contributed by atoms with Crippen LogP contribution in [0.25, 0.3) is 6.08 Å². The van der Waals surface area contributed by atoms with Crippen molar-refractivity contribution in [2.45, 2.75) is 31.1 Å². The molecule has 5 heteroatoms. The van der Waals surface area contributed by atoms with Gasteiger partial charge in [0.25, 0.3) is 0 Å². The van der Waals surface area contributed by atoms with E-state index in [1.54, 1.807) is 7.11 Å². The molecule has 5 rings (SSSR count). The number of fused-ring (bicyclic) bond motifs is 1. The molecule has 1 atom stereocenters. The first-order chi connectivity index (χ1) is 14.3. The smallest absolute Gasteiger partial charge is 0.117 e. The molecule has 0 aliphatic heterocycles. The highest BCUT2D eigenvalue weighted by Crippen LogP contribution is 2.42. The Morgan fingerprint density at radius 3 is 2.55 bits per heavy atom. The maximum absolute atomic E-state index is 5.16. The number of H-pyrrole nitrogens is 1. The van der Waals surface area contributed by atoms with Crippen LogP contribution in [0.1, 0.15) is 47.3 Å². The van der Waals surface area contributed by atoms with Gasteiger partial charge in [-0.15, -0.1) is 0 Å². The lowest BCUT2D eigenvalue weighted by atomic mass is 9.68. The molecule has 0 amide bonds. The minimum atomic E-state index is -0.254.